The summed E-state index contributed by atoms with van der Waals surface area (Å²) in [6.07, 6.45) is -9.06. The average Bonchev–Trinajstić information content (AvgIpc) is 2.98. The molecule has 0 saturated heterocycles. The predicted molar refractivity (Wildman–Crippen MR) is 89.8 cm³/mol. The number of hydrogen-bond donors (Lipinski definition) is 1. The molecule has 0 aliphatic carbocycles. The van der Waals surface area contributed by atoms with Crippen LogP contribution in [0.25, 0.3) is 11.3 Å². The first-order valence-electron chi connectivity index (χ1n) is 7.83. The van der Waals surface area contributed by atoms with Crippen molar-refractivity contribution in [2.75, 3.05) is 18.9 Å². The predicted octanol–water partition coefficient (Wildman–Crippen LogP) is 4.49. The zero-order valence-electron chi connectivity index (χ0n) is 14.2. The molecule has 12 heteroatoms. The molecule has 1 aromatic carbocycles. The Bertz CT molecular complexity index is 777. The zero-order chi connectivity index (χ0) is 20.8. The Morgan fingerprint density at radius 3 is 2.39 bits per heavy atom. The lowest BCUT2D eigenvalue weighted by atomic mass is 10.2. The largest absolute Gasteiger partial charge is 0.440 e. The molecule has 0 atom stereocenters. The molecule has 0 fully saturated rings. The number of carbonyl (C=O) groups is 1. The summed E-state index contributed by atoms with van der Waals surface area (Å²) in [5.74, 6) is 0.0875. The Hall–Kier alpha value is -2.37. The Kier molecular flexibility index (Phi) is 7.22. The van der Waals surface area contributed by atoms with Gasteiger partial charge in [-0.1, -0.05) is 42.1 Å². The first-order chi connectivity index (χ1) is 13.1. The first-order valence-corrected chi connectivity index (χ1v) is 8.81. The minimum absolute atomic E-state index is 0.0710. The molecule has 28 heavy (non-hydrogen) atoms. The number of nitrogens with zero attached hydrogens (tertiary/aromatic N) is 2. The summed E-state index contributed by atoms with van der Waals surface area (Å²) < 4.78 is 79.6. The highest BCUT2D eigenvalue weighted by molar-refractivity contribution is 7.99. The second-order valence-electron chi connectivity index (χ2n) is 5.46. The van der Waals surface area contributed by atoms with Crippen molar-refractivity contribution in [2.45, 2.75) is 24.1 Å². The topological polar surface area (TPSA) is 56.2 Å². The maximum Gasteiger partial charge on any atom is 0.422 e. The Morgan fingerprint density at radius 2 is 1.79 bits per heavy atom. The highest BCUT2D eigenvalue weighted by atomic mass is 32.2. The molecule has 2 aromatic rings. The number of alkyl halides is 6. The third-order valence-electron chi connectivity index (χ3n) is 3.20. The van der Waals surface area contributed by atoms with Crippen molar-refractivity contribution < 1.29 is 35.9 Å². The molecular formula is C16H15F6N3O2S. The molecule has 5 nitrogen and oxygen atoms in total. The van der Waals surface area contributed by atoms with Gasteiger partial charge in [0.05, 0.1) is 11.9 Å². The number of amides is 1. The third-order valence-corrected chi connectivity index (χ3v) is 4.19. The first kappa shape index (κ1) is 21.9. The van der Waals surface area contributed by atoms with Crippen LogP contribution in [0.2, 0.25) is 0 Å². The van der Waals surface area contributed by atoms with Crippen molar-refractivity contribution in [1.29, 1.82) is 0 Å². The van der Waals surface area contributed by atoms with Gasteiger partial charge in [0.1, 0.15) is 6.54 Å². The normalized spacial score (nSPS) is 12.1. The number of alkyl carbamates (subject to hydrolysis) is 1. The minimum Gasteiger partial charge on any atom is -0.440 e. The number of nitrogens with one attached hydrogen (secondary N) is 1. The van der Waals surface area contributed by atoms with Gasteiger partial charge in [0.15, 0.2) is 11.8 Å². The maximum absolute atomic E-state index is 12.9. The molecule has 0 spiro atoms. The van der Waals surface area contributed by atoms with Gasteiger partial charge in [-0.05, 0) is 5.56 Å². The summed E-state index contributed by atoms with van der Waals surface area (Å²) in [5, 5.41) is 2.16. The molecule has 2 rings (SSSR count). The summed E-state index contributed by atoms with van der Waals surface area (Å²) in [6, 6.07) is 8.40. The lowest BCUT2D eigenvalue weighted by molar-refractivity contribution is -0.160. The molecule has 0 radical (unpaired) electrons. The number of imidazole rings is 1. The van der Waals surface area contributed by atoms with E-state index < -0.39 is 31.6 Å². The molecule has 0 bridgehead atoms. The van der Waals surface area contributed by atoms with Crippen LogP contribution in [0.15, 0.2) is 41.7 Å². The molecule has 1 N–H and O–H groups in total. The molecular weight excluding hydrogens is 412 g/mol. The monoisotopic (exact) mass is 427 g/mol. The van der Waals surface area contributed by atoms with E-state index in [-0.39, 0.29) is 23.1 Å². The molecule has 0 aliphatic rings. The zero-order valence-corrected chi connectivity index (χ0v) is 15.0. The highest BCUT2D eigenvalue weighted by Gasteiger charge is 2.31. The van der Waals surface area contributed by atoms with E-state index in [1.54, 1.807) is 30.3 Å². The summed E-state index contributed by atoms with van der Waals surface area (Å²) in [6.45, 7) is -3.08. The number of hydrogen-bond acceptors (Lipinski definition) is 4. The van der Waals surface area contributed by atoms with Crippen LogP contribution in [0.5, 0.6) is 0 Å². The van der Waals surface area contributed by atoms with Crippen molar-refractivity contribution in [3.8, 4) is 11.3 Å². The van der Waals surface area contributed by atoms with Crippen LogP contribution in [0.1, 0.15) is 0 Å². The number of ether oxygens (including phenoxy) is 1. The fraction of sp³-hybridized carbons (Fsp3) is 0.375. The highest BCUT2D eigenvalue weighted by Crippen LogP contribution is 2.29. The number of benzene rings is 1. The number of thioether (sulfide) groups is 1. The van der Waals surface area contributed by atoms with Gasteiger partial charge in [-0.2, -0.15) is 26.3 Å². The van der Waals surface area contributed by atoms with Crippen LogP contribution in [0.3, 0.4) is 0 Å². The molecule has 0 saturated carbocycles. The van der Waals surface area contributed by atoms with Gasteiger partial charge < -0.3 is 14.6 Å². The van der Waals surface area contributed by atoms with Crippen LogP contribution < -0.4 is 5.32 Å². The van der Waals surface area contributed by atoms with Crippen molar-refractivity contribution in [3.63, 3.8) is 0 Å². The van der Waals surface area contributed by atoms with Crippen LogP contribution in [0.4, 0.5) is 31.1 Å². The quantitative estimate of drug-likeness (QED) is 0.402. The molecule has 0 aliphatic heterocycles. The smallest absolute Gasteiger partial charge is 0.422 e. The van der Waals surface area contributed by atoms with E-state index in [4.69, 9.17) is 0 Å². The summed E-state index contributed by atoms with van der Waals surface area (Å²) in [4.78, 5) is 15.1. The Labute approximate surface area is 160 Å². The lowest BCUT2D eigenvalue weighted by Crippen LogP contribution is -2.30. The van der Waals surface area contributed by atoms with Gasteiger partial charge in [0.2, 0.25) is 0 Å². The molecule has 1 heterocycles. The Balaban J connectivity index is 1.98. The second kappa shape index (κ2) is 9.22. The minimum atomic E-state index is -4.64. The van der Waals surface area contributed by atoms with Crippen LogP contribution >= 0.6 is 11.8 Å². The van der Waals surface area contributed by atoms with E-state index in [2.05, 4.69) is 15.0 Å². The lowest BCUT2D eigenvalue weighted by Gasteiger charge is -2.14. The van der Waals surface area contributed by atoms with Gasteiger partial charge >= 0.3 is 18.4 Å². The molecule has 1 amide bonds. The van der Waals surface area contributed by atoms with Crippen molar-refractivity contribution in [2.24, 2.45) is 0 Å². The summed E-state index contributed by atoms with van der Waals surface area (Å²) in [7, 11) is 0. The van der Waals surface area contributed by atoms with Crippen LogP contribution in [-0.2, 0) is 11.3 Å². The van der Waals surface area contributed by atoms with Crippen molar-refractivity contribution in [3.05, 3.63) is 36.5 Å². The van der Waals surface area contributed by atoms with Gasteiger partial charge in [-0.15, -0.1) is 0 Å². The SMILES string of the molecule is O=C(NCCSc1ncc(-c2ccccc2)n1CC(F)(F)F)OCC(F)(F)F. The molecule has 154 valence electrons. The maximum atomic E-state index is 12.9. The number of aromatic nitrogens is 2. The molecule has 1 aromatic heterocycles. The number of halogens is 6. The number of carbonyl (C=O) groups excluding carboxylic acids is 1. The van der Waals surface area contributed by atoms with E-state index in [9.17, 15) is 31.1 Å². The average molecular weight is 427 g/mol. The van der Waals surface area contributed by atoms with Crippen molar-refractivity contribution in [1.82, 2.24) is 14.9 Å². The van der Waals surface area contributed by atoms with Crippen molar-refractivity contribution >= 4 is 17.9 Å². The standard InChI is InChI=1S/C16H15F6N3O2S/c17-15(18,19)9-25-12(11-4-2-1-3-5-11)8-24-13(25)28-7-6-23-14(26)27-10-16(20,21)22/h1-5,8H,6-7,9-10H2,(H,23,26). The van der Waals surface area contributed by atoms with Gasteiger partial charge in [0.25, 0.3) is 0 Å². The van der Waals surface area contributed by atoms with Crippen LogP contribution in [-0.4, -0.2) is 46.9 Å². The van der Waals surface area contributed by atoms with Gasteiger partial charge in [-0.3, -0.25) is 0 Å². The molecule has 0 unspecified atom stereocenters. The van der Waals surface area contributed by atoms with Gasteiger partial charge in [0, 0.05) is 12.3 Å². The number of rotatable bonds is 7. The van der Waals surface area contributed by atoms with E-state index in [0.29, 0.717) is 5.56 Å². The van der Waals surface area contributed by atoms with E-state index in [0.717, 1.165) is 16.3 Å². The summed E-state index contributed by atoms with van der Waals surface area (Å²) >= 11 is 0.928. The van der Waals surface area contributed by atoms with E-state index >= 15 is 0 Å². The Morgan fingerprint density at radius 1 is 1.11 bits per heavy atom. The van der Waals surface area contributed by atoms with Crippen LogP contribution in [0, 0.1) is 0 Å². The fourth-order valence-electron chi connectivity index (χ4n) is 2.14. The second-order valence-corrected chi connectivity index (χ2v) is 6.52. The van der Waals surface area contributed by atoms with Gasteiger partial charge in [-0.25, -0.2) is 9.78 Å². The van der Waals surface area contributed by atoms with E-state index in [1.165, 1.54) is 6.20 Å². The third kappa shape index (κ3) is 7.33. The van der Waals surface area contributed by atoms with E-state index in [1.807, 2.05) is 0 Å². The fourth-order valence-corrected chi connectivity index (χ4v) is 2.97. The summed E-state index contributed by atoms with van der Waals surface area (Å²) in [5.41, 5.74) is 0.831.